The van der Waals surface area contributed by atoms with Gasteiger partial charge in [0.2, 0.25) is 0 Å². The summed E-state index contributed by atoms with van der Waals surface area (Å²) in [5, 5.41) is 21.3. The van der Waals surface area contributed by atoms with Gasteiger partial charge in [0.15, 0.2) is 0 Å². The fraction of sp³-hybridized carbons (Fsp3) is 0.500. The molecule has 148 valence electrons. The molecular weight excluding hydrogens is 432 g/mol. The van der Waals surface area contributed by atoms with Crippen LogP contribution < -0.4 is 0 Å². The Morgan fingerprint density at radius 1 is 1.07 bits per heavy atom. The first-order valence-electron chi connectivity index (χ1n) is 10.4. The third-order valence-corrected chi connectivity index (χ3v) is 9.62. The van der Waals surface area contributed by atoms with Crippen LogP contribution in [0.2, 0.25) is 0 Å². The Morgan fingerprint density at radius 3 is 2.64 bits per heavy atom. The van der Waals surface area contributed by atoms with Crippen LogP contribution in [0.5, 0.6) is 5.75 Å². The summed E-state index contributed by atoms with van der Waals surface area (Å²) < 4.78 is 1.11. The van der Waals surface area contributed by atoms with Crippen molar-refractivity contribution in [1.82, 2.24) is 0 Å². The van der Waals surface area contributed by atoms with Crippen molar-refractivity contribution in [2.75, 3.05) is 0 Å². The summed E-state index contributed by atoms with van der Waals surface area (Å²) in [6.45, 7) is 2.33. The molecule has 6 atom stereocenters. The van der Waals surface area contributed by atoms with E-state index in [-0.39, 0.29) is 11.5 Å². The quantitative estimate of drug-likeness (QED) is 0.567. The lowest BCUT2D eigenvalue weighted by Gasteiger charge is -2.52. The molecule has 4 heteroatoms. The van der Waals surface area contributed by atoms with Gasteiger partial charge >= 0.3 is 0 Å². The van der Waals surface area contributed by atoms with E-state index in [2.05, 4.69) is 53.2 Å². The van der Waals surface area contributed by atoms with E-state index in [9.17, 15) is 10.2 Å². The highest BCUT2D eigenvalue weighted by molar-refractivity contribution is 9.10. The largest absolute Gasteiger partial charge is 0.508 e. The van der Waals surface area contributed by atoms with Crippen LogP contribution in [0.15, 0.2) is 51.8 Å². The molecule has 2 fully saturated rings. The van der Waals surface area contributed by atoms with Crippen LogP contribution in [-0.2, 0) is 6.42 Å². The van der Waals surface area contributed by atoms with Crippen LogP contribution in [0, 0.1) is 17.3 Å². The molecule has 0 bridgehead atoms. The summed E-state index contributed by atoms with van der Waals surface area (Å²) in [6.07, 6.45) is 5.18. The number of thioether (sulfide) groups is 1. The summed E-state index contributed by atoms with van der Waals surface area (Å²) in [5.74, 6) is 2.08. The number of phenols is 1. The van der Waals surface area contributed by atoms with Gasteiger partial charge in [0.25, 0.3) is 0 Å². The summed E-state index contributed by atoms with van der Waals surface area (Å²) in [5.41, 5.74) is 2.82. The Labute approximate surface area is 179 Å². The van der Waals surface area contributed by atoms with Crippen molar-refractivity contribution in [2.45, 2.75) is 61.2 Å². The van der Waals surface area contributed by atoms with E-state index < -0.39 is 0 Å². The summed E-state index contributed by atoms with van der Waals surface area (Å²) >= 11 is 5.53. The van der Waals surface area contributed by atoms with Gasteiger partial charge in [-0.05, 0) is 103 Å². The molecule has 0 aromatic heterocycles. The van der Waals surface area contributed by atoms with Crippen molar-refractivity contribution in [3.63, 3.8) is 0 Å². The average molecular weight is 459 g/mol. The van der Waals surface area contributed by atoms with Gasteiger partial charge in [-0.2, -0.15) is 0 Å². The first-order valence-corrected chi connectivity index (χ1v) is 12.0. The van der Waals surface area contributed by atoms with Gasteiger partial charge in [-0.25, -0.2) is 0 Å². The molecule has 2 N–H and O–H groups in total. The highest BCUT2D eigenvalue weighted by Gasteiger charge is 2.56. The molecule has 0 spiro atoms. The lowest BCUT2D eigenvalue weighted by atomic mass is 9.55. The number of hydrogen-bond donors (Lipinski definition) is 2. The lowest BCUT2D eigenvalue weighted by Crippen LogP contribution is -2.48. The number of rotatable bonds is 2. The molecule has 2 aromatic rings. The molecule has 0 saturated heterocycles. The van der Waals surface area contributed by atoms with Crippen LogP contribution in [0.4, 0.5) is 0 Å². The first-order chi connectivity index (χ1) is 13.5. The highest BCUT2D eigenvalue weighted by Crippen LogP contribution is 2.62. The van der Waals surface area contributed by atoms with Crippen molar-refractivity contribution >= 4 is 27.7 Å². The first kappa shape index (κ1) is 19.0. The minimum atomic E-state index is -0.155. The summed E-state index contributed by atoms with van der Waals surface area (Å²) in [7, 11) is 0. The predicted octanol–water partition coefficient (Wildman–Crippen LogP) is 6.14. The highest BCUT2D eigenvalue weighted by atomic mass is 79.9. The molecule has 0 unspecified atom stereocenters. The van der Waals surface area contributed by atoms with E-state index in [4.69, 9.17) is 0 Å². The number of aromatic hydroxyl groups is 1. The minimum absolute atomic E-state index is 0.0636. The summed E-state index contributed by atoms with van der Waals surface area (Å²) in [6, 6.07) is 14.6. The maximum absolute atomic E-state index is 10.8. The van der Waals surface area contributed by atoms with Gasteiger partial charge in [-0.1, -0.05) is 28.9 Å². The second-order valence-electron chi connectivity index (χ2n) is 9.13. The maximum atomic E-state index is 10.8. The third-order valence-electron chi connectivity index (χ3n) is 7.76. The molecule has 2 nitrogen and oxygen atoms in total. The van der Waals surface area contributed by atoms with Gasteiger partial charge in [-0.3, -0.25) is 0 Å². The van der Waals surface area contributed by atoms with Crippen LogP contribution in [0.1, 0.15) is 49.7 Å². The van der Waals surface area contributed by atoms with Crippen LogP contribution in [-0.4, -0.2) is 21.6 Å². The Morgan fingerprint density at radius 2 is 1.86 bits per heavy atom. The molecule has 2 saturated carbocycles. The average Bonchev–Trinajstić information content (AvgIpc) is 2.98. The predicted molar refractivity (Wildman–Crippen MR) is 118 cm³/mol. The number of halogens is 1. The molecular formula is C24H27BrO2S. The van der Waals surface area contributed by atoms with E-state index in [1.807, 2.05) is 23.9 Å². The summed E-state index contributed by atoms with van der Waals surface area (Å²) in [4.78, 5) is 1.31. The van der Waals surface area contributed by atoms with Gasteiger partial charge < -0.3 is 10.2 Å². The molecule has 0 amide bonds. The Bertz CT molecular complexity index is 883. The normalized spacial score (nSPS) is 36.5. The van der Waals surface area contributed by atoms with Crippen molar-refractivity contribution in [3.8, 4) is 5.75 Å². The topological polar surface area (TPSA) is 40.5 Å². The number of benzene rings is 2. The molecule has 0 radical (unpaired) electrons. The number of fused-ring (bicyclic) bond motifs is 5. The molecule has 2 aromatic carbocycles. The van der Waals surface area contributed by atoms with E-state index in [0.717, 1.165) is 36.6 Å². The minimum Gasteiger partial charge on any atom is -0.508 e. The zero-order valence-electron chi connectivity index (χ0n) is 16.1. The molecule has 28 heavy (non-hydrogen) atoms. The Balaban J connectivity index is 1.55. The van der Waals surface area contributed by atoms with Crippen molar-refractivity contribution in [2.24, 2.45) is 17.3 Å². The van der Waals surface area contributed by atoms with Crippen LogP contribution in [0.25, 0.3) is 0 Å². The van der Waals surface area contributed by atoms with Crippen molar-refractivity contribution in [3.05, 3.63) is 58.1 Å². The van der Waals surface area contributed by atoms with E-state index >= 15 is 0 Å². The molecule has 0 aliphatic heterocycles. The fourth-order valence-electron chi connectivity index (χ4n) is 6.34. The number of aliphatic hydroxyl groups excluding tert-OH is 1. The Hall–Kier alpha value is -0.970. The molecule has 3 aliphatic rings. The monoisotopic (exact) mass is 458 g/mol. The van der Waals surface area contributed by atoms with Gasteiger partial charge in [-0.15, -0.1) is 11.8 Å². The number of aliphatic hydroxyl groups is 1. The van der Waals surface area contributed by atoms with Gasteiger partial charge in [0, 0.05) is 14.6 Å². The third kappa shape index (κ3) is 3.03. The molecule has 3 aliphatic carbocycles. The lowest BCUT2D eigenvalue weighted by molar-refractivity contribution is -0.0209. The number of phenolic OH excluding ortho intramolecular Hbond substituents is 1. The molecule has 5 rings (SSSR count). The number of hydrogen-bond acceptors (Lipinski definition) is 3. The van der Waals surface area contributed by atoms with Gasteiger partial charge in [0.05, 0.1) is 6.10 Å². The van der Waals surface area contributed by atoms with Gasteiger partial charge in [0.1, 0.15) is 5.75 Å². The van der Waals surface area contributed by atoms with Crippen LogP contribution in [0.3, 0.4) is 0 Å². The van der Waals surface area contributed by atoms with E-state index in [1.165, 1.54) is 16.0 Å². The van der Waals surface area contributed by atoms with E-state index in [1.54, 1.807) is 0 Å². The van der Waals surface area contributed by atoms with Crippen molar-refractivity contribution in [1.29, 1.82) is 0 Å². The van der Waals surface area contributed by atoms with Crippen LogP contribution >= 0.6 is 27.7 Å². The fourth-order valence-corrected chi connectivity index (χ4v) is 8.05. The SMILES string of the molecule is C[C@]12CC[C@@H]3c4ccc(O)cc4C[C@@H](Sc4ccc(Br)cc4)[C@H]3[C@@H]1CC[C@@H]2O. The zero-order valence-corrected chi connectivity index (χ0v) is 18.5. The Kier molecular flexibility index (Phi) is 4.80. The second kappa shape index (κ2) is 7.07. The van der Waals surface area contributed by atoms with Crippen molar-refractivity contribution < 1.29 is 10.2 Å². The standard InChI is InChI=1S/C24H27BrO2S/c1-24-11-10-19-18-7-4-16(26)12-14(18)13-21(23(19)20(24)8-9-22(24)27)28-17-5-2-15(25)3-6-17/h2-7,12,19-23,26-27H,8-11,13H2,1H3/t19-,20+,21-,22+,23-,24+/m1/s1. The smallest absolute Gasteiger partial charge is 0.115 e. The zero-order chi connectivity index (χ0) is 19.5. The molecule has 0 heterocycles. The van der Waals surface area contributed by atoms with E-state index in [0.29, 0.717) is 28.8 Å². The maximum Gasteiger partial charge on any atom is 0.115 e. The second-order valence-corrected chi connectivity index (χ2v) is 11.4.